The molecule has 0 saturated heterocycles. The van der Waals surface area contributed by atoms with Crippen molar-refractivity contribution in [2.75, 3.05) is 13.6 Å². The second kappa shape index (κ2) is 7.55. The van der Waals surface area contributed by atoms with Crippen molar-refractivity contribution in [1.29, 1.82) is 0 Å². The molecule has 21 heavy (non-hydrogen) atoms. The Morgan fingerprint density at radius 1 is 1.48 bits per heavy atom. The van der Waals surface area contributed by atoms with Crippen LogP contribution in [-0.2, 0) is 10.0 Å². The Morgan fingerprint density at radius 2 is 2.19 bits per heavy atom. The third-order valence-electron chi connectivity index (χ3n) is 3.66. The number of sulfonamides is 1. The van der Waals surface area contributed by atoms with Gasteiger partial charge in [0.15, 0.2) is 0 Å². The zero-order valence-corrected chi connectivity index (χ0v) is 14.1. The van der Waals surface area contributed by atoms with E-state index in [0.717, 1.165) is 30.6 Å². The van der Waals surface area contributed by atoms with Crippen molar-refractivity contribution < 1.29 is 13.2 Å². The summed E-state index contributed by atoms with van der Waals surface area (Å²) in [6.45, 7) is 0.564. The van der Waals surface area contributed by atoms with Crippen LogP contribution in [0.4, 0.5) is 0 Å². The third kappa shape index (κ3) is 4.17. The van der Waals surface area contributed by atoms with Gasteiger partial charge >= 0.3 is 0 Å². The summed E-state index contributed by atoms with van der Waals surface area (Å²) in [5, 5.41) is 4.42. The van der Waals surface area contributed by atoms with Gasteiger partial charge in [-0.05, 0) is 38.4 Å². The minimum Gasteiger partial charge on any atom is -0.348 e. The summed E-state index contributed by atoms with van der Waals surface area (Å²) in [5.74, 6) is 0.0947. The summed E-state index contributed by atoms with van der Waals surface area (Å²) < 4.78 is 25.5. The smallest absolute Gasteiger partial charge is 0.261 e. The largest absolute Gasteiger partial charge is 0.348 e. The fourth-order valence-corrected chi connectivity index (χ4v) is 4.35. The average Bonchev–Trinajstić information content (AvgIpc) is 3.07. The van der Waals surface area contributed by atoms with Gasteiger partial charge in [0.25, 0.3) is 5.91 Å². The zero-order valence-electron chi connectivity index (χ0n) is 11.7. The molecule has 1 aliphatic carbocycles. The Labute approximate surface area is 135 Å². The number of carbonyl (C=O) groups is 1. The van der Waals surface area contributed by atoms with Gasteiger partial charge < -0.3 is 11.1 Å². The first-order valence-electron chi connectivity index (χ1n) is 6.51. The van der Waals surface area contributed by atoms with Crippen molar-refractivity contribution >= 4 is 39.7 Å². The molecule has 4 N–H and O–H groups in total. The molecule has 1 aliphatic rings. The van der Waals surface area contributed by atoms with Gasteiger partial charge in [-0.3, -0.25) is 4.79 Å². The van der Waals surface area contributed by atoms with Gasteiger partial charge in [0.05, 0.1) is 9.77 Å². The average molecular weight is 354 g/mol. The topological polar surface area (TPSA) is 101 Å². The highest BCUT2D eigenvalue weighted by Crippen LogP contribution is 2.26. The van der Waals surface area contributed by atoms with Crippen molar-refractivity contribution in [3.8, 4) is 0 Å². The Hall–Kier alpha value is -0.670. The Kier molecular flexibility index (Phi) is 6.61. The lowest BCUT2D eigenvalue weighted by molar-refractivity contribution is 0.0933. The van der Waals surface area contributed by atoms with Crippen LogP contribution in [0.1, 0.15) is 28.9 Å². The molecule has 1 amide bonds. The first kappa shape index (κ1) is 18.4. The Morgan fingerprint density at radius 3 is 2.81 bits per heavy atom. The maximum Gasteiger partial charge on any atom is 0.261 e. The molecule has 2 atom stereocenters. The van der Waals surface area contributed by atoms with E-state index >= 15 is 0 Å². The van der Waals surface area contributed by atoms with Crippen molar-refractivity contribution in [3.63, 3.8) is 0 Å². The molecular weight excluding hydrogens is 334 g/mol. The Bertz CT molecular complexity index is 588. The number of nitrogens with one attached hydrogen (secondary N) is 2. The molecule has 0 bridgehead atoms. The van der Waals surface area contributed by atoms with E-state index in [4.69, 9.17) is 5.73 Å². The van der Waals surface area contributed by atoms with Crippen LogP contribution in [0.15, 0.2) is 16.3 Å². The van der Waals surface area contributed by atoms with Gasteiger partial charge in [-0.1, -0.05) is 6.42 Å². The molecule has 6 nitrogen and oxygen atoms in total. The van der Waals surface area contributed by atoms with E-state index in [2.05, 4.69) is 10.0 Å². The van der Waals surface area contributed by atoms with Crippen molar-refractivity contribution in [1.82, 2.24) is 10.0 Å². The number of halogens is 1. The van der Waals surface area contributed by atoms with Crippen LogP contribution >= 0.6 is 23.7 Å². The van der Waals surface area contributed by atoms with E-state index < -0.39 is 10.0 Å². The second-order valence-electron chi connectivity index (χ2n) is 4.86. The standard InChI is InChI=1S/C12H19N3O3S2.ClH/c1-14-20(17,18)9-5-11(19-7-9)12(16)15-10-4-2-3-8(10)6-13;/h5,7-8,10,14H,2-4,6,13H2,1H3,(H,15,16);1H. The summed E-state index contributed by atoms with van der Waals surface area (Å²) in [4.78, 5) is 12.7. The first-order valence-corrected chi connectivity index (χ1v) is 8.87. The first-order chi connectivity index (χ1) is 9.47. The monoisotopic (exact) mass is 353 g/mol. The number of hydrogen-bond acceptors (Lipinski definition) is 5. The normalized spacial score (nSPS) is 21.8. The van der Waals surface area contributed by atoms with Gasteiger partial charge in [0.1, 0.15) is 0 Å². The highest BCUT2D eigenvalue weighted by molar-refractivity contribution is 7.89. The third-order valence-corrected chi connectivity index (χ3v) is 6.13. The molecule has 1 saturated carbocycles. The minimum atomic E-state index is -3.49. The van der Waals surface area contributed by atoms with Gasteiger partial charge in [-0.15, -0.1) is 23.7 Å². The molecule has 1 aromatic rings. The summed E-state index contributed by atoms with van der Waals surface area (Å²) in [6.07, 6.45) is 3.03. The van der Waals surface area contributed by atoms with Crippen LogP contribution in [0.3, 0.4) is 0 Å². The van der Waals surface area contributed by atoms with Crippen LogP contribution < -0.4 is 15.8 Å². The number of carbonyl (C=O) groups excluding carboxylic acids is 1. The van der Waals surface area contributed by atoms with Gasteiger partial charge in [0.2, 0.25) is 10.0 Å². The summed E-state index contributed by atoms with van der Waals surface area (Å²) in [7, 11) is -2.15. The predicted octanol–water partition coefficient (Wildman–Crippen LogP) is 0.935. The van der Waals surface area contributed by atoms with Crippen LogP contribution in [0, 0.1) is 5.92 Å². The van der Waals surface area contributed by atoms with E-state index in [1.165, 1.54) is 18.5 Å². The summed E-state index contributed by atoms with van der Waals surface area (Å²) in [6, 6.07) is 1.50. The maximum atomic E-state index is 12.1. The van der Waals surface area contributed by atoms with Gasteiger partial charge in [-0.2, -0.15) is 0 Å². The minimum absolute atomic E-state index is 0. The lowest BCUT2D eigenvalue weighted by Gasteiger charge is -2.18. The molecule has 2 unspecified atom stereocenters. The number of amides is 1. The highest BCUT2D eigenvalue weighted by atomic mass is 35.5. The summed E-state index contributed by atoms with van der Waals surface area (Å²) in [5.41, 5.74) is 5.68. The van der Waals surface area contributed by atoms with E-state index in [1.54, 1.807) is 0 Å². The molecule has 0 aromatic carbocycles. The fourth-order valence-electron chi connectivity index (χ4n) is 2.45. The van der Waals surface area contributed by atoms with E-state index in [1.807, 2.05) is 0 Å². The van der Waals surface area contributed by atoms with Crippen LogP contribution in [-0.4, -0.2) is 34.0 Å². The van der Waals surface area contributed by atoms with Crippen molar-refractivity contribution in [2.24, 2.45) is 11.7 Å². The second-order valence-corrected chi connectivity index (χ2v) is 7.66. The maximum absolute atomic E-state index is 12.1. The van der Waals surface area contributed by atoms with E-state index in [-0.39, 0.29) is 29.3 Å². The molecule has 0 radical (unpaired) electrons. The molecular formula is C12H20ClN3O3S2. The quantitative estimate of drug-likeness (QED) is 0.733. The van der Waals surface area contributed by atoms with Crippen molar-refractivity contribution in [2.45, 2.75) is 30.2 Å². The van der Waals surface area contributed by atoms with Crippen LogP contribution in [0.2, 0.25) is 0 Å². The summed E-state index contributed by atoms with van der Waals surface area (Å²) >= 11 is 1.13. The van der Waals surface area contributed by atoms with Gasteiger partial charge in [-0.25, -0.2) is 13.1 Å². The highest BCUT2D eigenvalue weighted by Gasteiger charge is 2.28. The van der Waals surface area contributed by atoms with Crippen LogP contribution in [0.25, 0.3) is 0 Å². The SMILES string of the molecule is CNS(=O)(=O)c1csc(C(=O)NC2CCCC2CN)c1.Cl. The number of rotatable bonds is 5. The zero-order chi connectivity index (χ0) is 14.8. The lowest BCUT2D eigenvalue weighted by Crippen LogP contribution is -2.39. The molecule has 0 spiro atoms. The number of thiophene rings is 1. The number of nitrogens with two attached hydrogens (primary N) is 1. The number of hydrogen-bond donors (Lipinski definition) is 3. The molecule has 1 heterocycles. The predicted molar refractivity (Wildman–Crippen MR) is 85.5 cm³/mol. The Balaban J connectivity index is 0.00000220. The molecule has 1 fully saturated rings. The lowest BCUT2D eigenvalue weighted by atomic mass is 10.0. The van der Waals surface area contributed by atoms with Crippen LogP contribution in [0.5, 0.6) is 0 Å². The van der Waals surface area contributed by atoms with E-state index in [9.17, 15) is 13.2 Å². The van der Waals surface area contributed by atoms with Gasteiger partial charge in [0, 0.05) is 11.4 Å². The van der Waals surface area contributed by atoms with Crippen molar-refractivity contribution in [3.05, 3.63) is 16.3 Å². The fraction of sp³-hybridized carbons (Fsp3) is 0.583. The molecule has 2 rings (SSSR count). The molecule has 120 valence electrons. The van der Waals surface area contributed by atoms with E-state index in [0.29, 0.717) is 17.3 Å². The molecule has 0 aliphatic heterocycles. The molecule has 9 heteroatoms. The molecule has 1 aromatic heterocycles.